The molecular formula is C33H50N6O6. The first-order chi connectivity index (χ1) is 22.0. The second kappa shape index (κ2) is 21.1. The number of anilines is 3. The van der Waals surface area contributed by atoms with E-state index in [1.54, 1.807) is 24.2 Å². The highest BCUT2D eigenvalue weighted by atomic mass is 16.5. The van der Waals surface area contributed by atoms with Crippen LogP contribution in [0.4, 0.5) is 17.5 Å². The summed E-state index contributed by atoms with van der Waals surface area (Å²) in [5.41, 5.74) is 1.64. The third-order valence-corrected chi connectivity index (χ3v) is 7.34. The van der Waals surface area contributed by atoms with Gasteiger partial charge in [0.25, 0.3) is 0 Å². The third kappa shape index (κ3) is 13.8. The van der Waals surface area contributed by atoms with Crippen LogP contribution in [0.25, 0.3) is 6.08 Å². The predicted octanol–water partition coefficient (Wildman–Crippen LogP) is 4.27. The second-order valence-corrected chi connectivity index (χ2v) is 10.9. The average Bonchev–Trinajstić information content (AvgIpc) is 3.02. The molecule has 0 saturated heterocycles. The molecule has 0 spiro atoms. The number of nitrogens with zero attached hydrogens (tertiary/aromatic N) is 3. The molecule has 0 radical (unpaired) electrons. The van der Waals surface area contributed by atoms with Gasteiger partial charge >= 0.3 is 0 Å². The molecule has 12 heteroatoms. The summed E-state index contributed by atoms with van der Waals surface area (Å²) < 4.78 is 22.3. The lowest BCUT2D eigenvalue weighted by atomic mass is 9.84. The fourth-order valence-corrected chi connectivity index (χ4v) is 4.39. The number of carbonyl (C=O) groups is 2. The third-order valence-electron chi connectivity index (χ3n) is 7.34. The summed E-state index contributed by atoms with van der Waals surface area (Å²) in [5.74, 6) is 2.21. The number of unbranched alkanes of at least 4 members (excludes halogenated alkanes) is 1. The summed E-state index contributed by atoms with van der Waals surface area (Å²) in [7, 11) is 3.44. The number of hydrogen-bond donors (Lipinski definition) is 3. The molecule has 2 amide bonds. The summed E-state index contributed by atoms with van der Waals surface area (Å²) >= 11 is 0. The quantitative estimate of drug-likeness (QED) is 0.145. The van der Waals surface area contributed by atoms with E-state index in [1.807, 2.05) is 31.3 Å². The number of aromatic nitrogens is 2. The Kier molecular flexibility index (Phi) is 16.7. The molecule has 1 aromatic carbocycles. The van der Waals surface area contributed by atoms with E-state index in [2.05, 4.69) is 32.5 Å². The highest BCUT2D eigenvalue weighted by molar-refractivity contribution is 5.79. The number of rotatable bonds is 24. The Labute approximate surface area is 267 Å². The maximum atomic E-state index is 12.4. The van der Waals surface area contributed by atoms with Gasteiger partial charge in [-0.05, 0) is 56.4 Å². The van der Waals surface area contributed by atoms with Crippen LogP contribution in [-0.4, -0.2) is 100 Å². The first-order valence-corrected chi connectivity index (χ1v) is 15.9. The molecule has 0 unspecified atom stereocenters. The van der Waals surface area contributed by atoms with Crippen LogP contribution in [-0.2, 0) is 23.8 Å². The maximum Gasteiger partial charge on any atom is 0.245 e. The molecule has 1 aliphatic carbocycles. The van der Waals surface area contributed by atoms with E-state index in [1.165, 1.54) is 0 Å². The maximum absolute atomic E-state index is 12.4. The van der Waals surface area contributed by atoms with Crippen LogP contribution in [0.1, 0.15) is 50.5 Å². The van der Waals surface area contributed by atoms with Crippen molar-refractivity contribution in [3.8, 4) is 5.75 Å². The normalized spacial score (nSPS) is 12.7. The molecule has 0 bridgehead atoms. The van der Waals surface area contributed by atoms with Crippen LogP contribution in [0.3, 0.4) is 0 Å². The van der Waals surface area contributed by atoms with Gasteiger partial charge in [-0.1, -0.05) is 19.1 Å². The minimum Gasteiger partial charge on any atom is -0.494 e. The van der Waals surface area contributed by atoms with Crippen molar-refractivity contribution < 1.29 is 28.5 Å². The van der Waals surface area contributed by atoms with Crippen molar-refractivity contribution in [1.82, 2.24) is 20.2 Å². The van der Waals surface area contributed by atoms with Gasteiger partial charge < -0.3 is 39.8 Å². The zero-order valence-corrected chi connectivity index (χ0v) is 26.9. The Balaban J connectivity index is 1.23. The summed E-state index contributed by atoms with van der Waals surface area (Å²) in [4.78, 5) is 34.2. The van der Waals surface area contributed by atoms with Gasteiger partial charge in [0.2, 0.25) is 17.8 Å². The Hall–Kier alpha value is -3.74. The van der Waals surface area contributed by atoms with Gasteiger partial charge in [0.05, 0.1) is 6.61 Å². The number of benzene rings is 1. The van der Waals surface area contributed by atoms with E-state index >= 15 is 0 Å². The van der Waals surface area contributed by atoms with Gasteiger partial charge in [0.15, 0.2) is 0 Å². The molecule has 12 nitrogen and oxygen atoms in total. The Morgan fingerprint density at radius 2 is 1.64 bits per heavy atom. The zero-order chi connectivity index (χ0) is 32.1. The van der Waals surface area contributed by atoms with Crippen molar-refractivity contribution in [2.24, 2.45) is 5.92 Å². The molecule has 1 saturated carbocycles. The molecule has 1 fully saturated rings. The number of hydrogen-bond acceptors (Lipinski definition) is 10. The Bertz CT molecular complexity index is 1160. The van der Waals surface area contributed by atoms with Gasteiger partial charge in [-0.2, -0.15) is 4.98 Å². The first-order valence-electron chi connectivity index (χ1n) is 15.9. The Morgan fingerprint density at radius 1 is 0.978 bits per heavy atom. The summed E-state index contributed by atoms with van der Waals surface area (Å²) in [6.07, 6.45) is 10.0. The van der Waals surface area contributed by atoms with Gasteiger partial charge in [-0.25, -0.2) is 4.98 Å². The van der Waals surface area contributed by atoms with E-state index in [0.717, 1.165) is 61.9 Å². The van der Waals surface area contributed by atoms with E-state index in [-0.39, 0.29) is 24.3 Å². The number of likely N-dealkylation sites (N-methyl/N-ethyl adjacent to an activating group) is 2. The highest BCUT2D eigenvalue weighted by Crippen LogP contribution is 2.28. The van der Waals surface area contributed by atoms with E-state index < -0.39 is 0 Å². The van der Waals surface area contributed by atoms with Crippen molar-refractivity contribution >= 4 is 35.3 Å². The zero-order valence-electron chi connectivity index (χ0n) is 26.9. The summed E-state index contributed by atoms with van der Waals surface area (Å²) in [6, 6.07) is 7.66. The Morgan fingerprint density at radius 3 is 2.29 bits per heavy atom. The molecule has 0 aliphatic heterocycles. The van der Waals surface area contributed by atoms with Crippen LogP contribution in [0.15, 0.2) is 37.0 Å². The van der Waals surface area contributed by atoms with Crippen molar-refractivity contribution in [1.29, 1.82) is 0 Å². The minimum atomic E-state index is -0.120. The molecule has 0 atom stereocenters. The van der Waals surface area contributed by atoms with Crippen molar-refractivity contribution in [2.75, 3.05) is 84.1 Å². The van der Waals surface area contributed by atoms with Crippen LogP contribution in [0, 0.1) is 5.92 Å². The van der Waals surface area contributed by atoms with Crippen LogP contribution < -0.4 is 20.7 Å². The number of ether oxygens (including phenoxy) is 4. The molecule has 1 aliphatic rings. The minimum absolute atomic E-state index is 0.0930. The van der Waals surface area contributed by atoms with Gasteiger partial charge in [-0.15, -0.1) is 0 Å². The van der Waals surface area contributed by atoms with E-state index in [9.17, 15) is 9.59 Å². The van der Waals surface area contributed by atoms with Crippen molar-refractivity contribution in [3.63, 3.8) is 0 Å². The van der Waals surface area contributed by atoms with E-state index in [4.69, 9.17) is 18.9 Å². The molecule has 1 heterocycles. The molecular weight excluding hydrogens is 576 g/mol. The van der Waals surface area contributed by atoms with Crippen LogP contribution in [0.2, 0.25) is 0 Å². The van der Waals surface area contributed by atoms with Gasteiger partial charge in [-0.3, -0.25) is 9.59 Å². The number of carbonyl (C=O) groups excluding carboxylic acids is 2. The van der Waals surface area contributed by atoms with Gasteiger partial charge in [0.1, 0.15) is 18.2 Å². The fourth-order valence-electron chi connectivity index (χ4n) is 4.39. The first kappa shape index (κ1) is 35.7. The SMILES string of the molecule is C=Cc1cnc(Nc2ccc(OCCCOCCCCOCCCOCC(=O)NC)cc2)nc1NCCN(C)C(=O)C1CCC1. The second-order valence-electron chi connectivity index (χ2n) is 10.9. The van der Waals surface area contributed by atoms with Gasteiger partial charge in [0, 0.05) is 90.0 Å². The lowest BCUT2D eigenvalue weighted by molar-refractivity contribution is -0.136. The lowest BCUT2D eigenvalue weighted by Crippen LogP contribution is -2.38. The standard InChI is InChI=1S/C33H50N6O6/c1-4-26-24-36-33(38-31(26)35-16-17-39(3)32(41)27-10-7-11-27)37-28-12-14-29(15-13-28)45-23-9-21-43-19-6-5-18-42-20-8-22-44-25-30(40)34-2/h4,12-15,24,27H,1,5-11,16-23,25H2,2-3H3,(H,34,40)(H2,35,36,37,38). The van der Waals surface area contributed by atoms with Crippen molar-refractivity contribution in [2.45, 2.75) is 44.9 Å². The van der Waals surface area contributed by atoms with Crippen LogP contribution in [0.5, 0.6) is 5.75 Å². The monoisotopic (exact) mass is 626 g/mol. The summed E-state index contributed by atoms with van der Waals surface area (Å²) in [5, 5.41) is 9.06. The molecule has 1 aromatic heterocycles. The molecule has 248 valence electrons. The summed E-state index contributed by atoms with van der Waals surface area (Å²) in [6.45, 7) is 8.88. The molecule has 3 N–H and O–H groups in total. The highest BCUT2D eigenvalue weighted by Gasteiger charge is 2.27. The number of amides is 2. The van der Waals surface area contributed by atoms with E-state index in [0.29, 0.717) is 64.5 Å². The lowest BCUT2D eigenvalue weighted by Gasteiger charge is -2.29. The molecule has 3 rings (SSSR count). The predicted molar refractivity (Wildman–Crippen MR) is 176 cm³/mol. The fraction of sp³-hybridized carbons (Fsp3) is 0.576. The number of nitrogens with one attached hydrogen (secondary N) is 3. The smallest absolute Gasteiger partial charge is 0.245 e. The average molecular weight is 627 g/mol. The molecule has 45 heavy (non-hydrogen) atoms. The van der Waals surface area contributed by atoms with Crippen molar-refractivity contribution in [3.05, 3.63) is 42.6 Å². The topological polar surface area (TPSA) is 136 Å². The largest absolute Gasteiger partial charge is 0.494 e. The van der Waals surface area contributed by atoms with Crippen LogP contribution >= 0.6 is 0 Å². The molecule has 2 aromatic rings.